The number of carbonyl (C=O) groups is 1. The first kappa shape index (κ1) is 17.3. The van der Waals surface area contributed by atoms with E-state index in [0.717, 1.165) is 0 Å². The van der Waals surface area contributed by atoms with E-state index in [4.69, 9.17) is 23.7 Å². The fraction of sp³-hybridized carbons (Fsp3) is 0.917. The quantitative estimate of drug-likeness (QED) is 0.380. The van der Waals surface area contributed by atoms with E-state index in [9.17, 15) is 4.79 Å². The molecule has 0 saturated heterocycles. The molecule has 0 fully saturated rings. The van der Waals surface area contributed by atoms with Crippen molar-refractivity contribution in [2.45, 2.75) is 20.0 Å². The van der Waals surface area contributed by atoms with E-state index < -0.39 is 0 Å². The monoisotopic (exact) mass is 264 g/mol. The molecule has 18 heavy (non-hydrogen) atoms. The van der Waals surface area contributed by atoms with Crippen LogP contribution in [0, 0.1) is 0 Å². The van der Waals surface area contributed by atoms with Gasteiger partial charge in [0.1, 0.15) is 6.61 Å². The molecule has 6 heteroatoms. The zero-order chi connectivity index (χ0) is 13.6. The molecule has 0 N–H and O–H groups in total. The van der Waals surface area contributed by atoms with Crippen molar-refractivity contribution in [3.8, 4) is 0 Å². The van der Waals surface area contributed by atoms with Crippen molar-refractivity contribution in [3.63, 3.8) is 0 Å². The van der Waals surface area contributed by atoms with Gasteiger partial charge >= 0.3 is 5.97 Å². The predicted molar refractivity (Wildman–Crippen MR) is 65.6 cm³/mol. The minimum Gasteiger partial charge on any atom is -0.461 e. The highest BCUT2D eigenvalue weighted by Crippen LogP contribution is 1.90. The first-order valence-corrected chi connectivity index (χ1v) is 6.08. The fourth-order valence-corrected chi connectivity index (χ4v) is 1.03. The molecule has 0 atom stereocenters. The van der Waals surface area contributed by atoms with Crippen molar-refractivity contribution in [1.82, 2.24) is 0 Å². The lowest BCUT2D eigenvalue weighted by Crippen LogP contribution is -2.19. The van der Waals surface area contributed by atoms with E-state index in [1.54, 1.807) is 21.0 Å². The first-order valence-electron chi connectivity index (χ1n) is 6.08. The highest BCUT2D eigenvalue weighted by Gasteiger charge is 2.04. The Balaban J connectivity index is 3.09. The third-order valence-electron chi connectivity index (χ3n) is 1.76. The molecule has 0 aromatic rings. The average Bonchev–Trinajstić information content (AvgIpc) is 2.30. The molecule has 0 spiro atoms. The Bertz CT molecular complexity index is 195. The minimum absolute atomic E-state index is 0.0358. The summed E-state index contributed by atoms with van der Waals surface area (Å²) in [5.41, 5.74) is 0. The summed E-state index contributed by atoms with van der Waals surface area (Å²) < 4.78 is 25.2. The Morgan fingerprint density at radius 1 is 0.889 bits per heavy atom. The van der Waals surface area contributed by atoms with Crippen LogP contribution in [0.4, 0.5) is 0 Å². The normalized spacial score (nSPS) is 10.9. The van der Waals surface area contributed by atoms with Gasteiger partial charge in [0.25, 0.3) is 0 Å². The number of ether oxygens (including phenoxy) is 5. The molecule has 0 aliphatic heterocycles. The van der Waals surface area contributed by atoms with Gasteiger partial charge in [-0.05, 0) is 13.8 Å². The van der Waals surface area contributed by atoms with Gasteiger partial charge in [0.05, 0.1) is 45.7 Å². The van der Waals surface area contributed by atoms with Crippen LogP contribution in [0.15, 0.2) is 0 Å². The topological polar surface area (TPSA) is 63.2 Å². The highest BCUT2D eigenvalue weighted by atomic mass is 16.6. The predicted octanol–water partition coefficient (Wildman–Crippen LogP) is 0.634. The van der Waals surface area contributed by atoms with Gasteiger partial charge in [-0.2, -0.15) is 0 Å². The van der Waals surface area contributed by atoms with Crippen LogP contribution < -0.4 is 0 Å². The Kier molecular flexibility index (Phi) is 12.3. The Labute approximate surface area is 108 Å². The van der Waals surface area contributed by atoms with Gasteiger partial charge in [-0.15, -0.1) is 0 Å². The van der Waals surface area contributed by atoms with Gasteiger partial charge in [0.15, 0.2) is 0 Å². The fourth-order valence-electron chi connectivity index (χ4n) is 1.03. The second kappa shape index (κ2) is 12.8. The third-order valence-corrected chi connectivity index (χ3v) is 1.76. The summed E-state index contributed by atoms with van der Waals surface area (Å²) in [7, 11) is 1.63. The largest absolute Gasteiger partial charge is 0.461 e. The molecule has 0 bridgehead atoms. The molecule has 0 heterocycles. The van der Waals surface area contributed by atoms with Crippen molar-refractivity contribution in [1.29, 1.82) is 0 Å². The van der Waals surface area contributed by atoms with Crippen molar-refractivity contribution < 1.29 is 28.5 Å². The zero-order valence-corrected chi connectivity index (χ0v) is 11.5. The lowest BCUT2D eigenvalue weighted by molar-refractivity contribution is -0.153. The maximum atomic E-state index is 11.1. The van der Waals surface area contributed by atoms with Gasteiger partial charge in [0, 0.05) is 7.11 Å². The van der Waals surface area contributed by atoms with Gasteiger partial charge in [0.2, 0.25) is 0 Å². The van der Waals surface area contributed by atoms with E-state index in [1.807, 2.05) is 0 Å². The van der Waals surface area contributed by atoms with Crippen LogP contribution in [-0.4, -0.2) is 65.4 Å². The van der Waals surface area contributed by atoms with E-state index in [1.165, 1.54) is 0 Å². The lowest BCUT2D eigenvalue weighted by atomic mass is 10.5. The van der Waals surface area contributed by atoms with E-state index in [2.05, 4.69) is 0 Å². The van der Waals surface area contributed by atoms with Gasteiger partial charge < -0.3 is 23.7 Å². The maximum absolute atomic E-state index is 11.1. The summed E-state index contributed by atoms with van der Waals surface area (Å²) in [6.07, 6.45) is -0.110. The minimum atomic E-state index is -0.354. The Morgan fingerprint density at radius 2 is 1.39 bits per heavy atom. The van der Waals surface area contributed by atoms with E-state index in [0.29, 0.717) is 39.6 Å². The van der Waals surface area contributed by atoms with Crippen LogP contribution >= 0.6 is 0 Å². The molecule has 0 unspecified atom stereocenters. The molecule has 0 rings (SSSR count). The standard InChI is InChI=1S/C12H24O6/c1-11(2)18-12(13)10-17-9-8-16-7-6-15-5-4-14-3/h11H,4-10H2,1-3H3. The van der Waals surface area contributed by atoms with Crippen LogP contribution in [0.2, 0.25) is 0 Å². The number of carbonyl (C=O) groups excluding carboxylic acids is 1. The zero-order valence-electron chi connectivity index (χ0n) is 11.5. The molecule has 0 amide bonds. The molecule has 0 aliphatic carbocycles. The van der Waals surface area contributed by atoms with Crippen molar-refractivity contribution in [2.75, 3.05) is 53.4 Å². The van der Waals surface area contributed by atoms with Crippen LogP contribution in [0.3, 0.4) is 0 Å². The third kappa shape index (κ3) is 13.4. The molecule has 0 saturated carbocycles. The number of hydrogen-bond donors (Lipinski definition) is 0. The molecule has 0 aliphatic rings. The molecule has 108 valence electrons. The Morgan fingerprint density at radius 3 is 1.89 bits per heavy atom. The lowest BCUT2D eigenvalue weighted by Gasteiger charge is -2.08. The summed E-state index contributed by atoms with van der Waals surface area (Å²) in [5.74, 6) is -0.354. The molecule has 6 nitrogen and oxygen atoms in total. The van der Waals surface area contributed by atoms with Gasteiger partial charge in [-0.3, -0.25) is 0 Å². The molecular weight excluding hydrogens is 240 g/mol. The van der Waals surface area contributed by atoms with E-state index >= 15 is 0 Å². The van der Waals surface area contributed by atoms with Crippen LogP contribution in [0.1, 0.15) is 13.8 Å². The summed E-state index contributed by atoms with van der Waals surface area (Å²) in [5, 5.41) is 0. The van der Waals surface area contributed by atoms with Crippen LogP contribution in [0.25, 0.3) is 0 Å². The first-order chi connectivity index (χ1) is 8.66. The molecule has 0 radical (unpaired) electrons. The van der Waals surface area contributed by atoms with Crippen LogP contribution in [-0.2, 0) is 28.5 Å². The summed E-state index contributed by atoms with van der Waals surface area (Å²) in [6, 6.07) is 0. The number of rotatable bonds is 12. The Hall–Kier alpha value is -0.690. The molecular formula is C12H24O6. The second-order valence-electron chi connectivity index (χ2n) is 3.81. The average molecular weight is 264 g/mol. The van der Waals surface area contributed by atoms with Crippen molar-refractivity contribution in [3.05, 3.63) is 0 Å². The maximum Gasteiger partial charge on any atom is 0.332 e. The summed E-state index contributed by atoms with van der Waals surface area (Å²) in [4.78, 5) is 11.1. The number of esters is 1. The molecule has 0 aromatic heterocycles. The smallest absolute Gasteiger partial charge is 0.332 e. The molecule has 0 aromatic carbocycles. The summed E-state index contributed by atoms with van der Waals surface area (Å²) >= 11 is 0. The summed E-state index contributed by atoms with van der Waals surface area (Å²) in [6.45, 7) is 6.54. The highest BCUT2D eigenvalue weighted by molar-refractivity contribution is 5.70. The van der Waals surface area contributed by atoms with Gasteiger partial charge in [-0.25, -0.2) is 4.79 Å². The SMILES string of the molecule is COCCOCCOCCOCC(=O)OC(C)C. The van der Waals surface area contributed by atoms with Crippen molar-refractivity contribution >= 4 is 5.97 Å². The van der Waals surface area contributed by atoms with E-state index in [-0.39, 0.29) is 18.7 Å². The number of hydrogen-bond acceptors (Lipinski definition) is 6. The van der Waals surface area contributed by atoms with Crippen molar-refractivity contribution in [2.24, 2.45) is 0 Å². The van der Waals surface area contributed by atoms with Gasteiger partial charge in [-0.1, -0.05) is 0 Å². The van der Waals surface area contributed by atoms with Crippen LogP contribution in [0.5, 0.6) is 0 Å². The number of methoxy groups -OCH3 is 1. The second-order valence-corrected chi connectivity index (χ2v) is 3.81.